The van der Waals surface area contributed by atoms with Gasteiger partial charge < -0.3 is 0 Å². The maximum Gasteiger partial charge on any atom is 0.244 e. The molecule has 3 nitrogen and oxygen atoms in total. The highest BCUT2D eigenvalue weighted by Gasteiger charge is 2.35. The van der Waals surface area contributed by atoms with Crippen molar-refractivity contribution >= 4 is 44.8 Å². The molecular weight excluding hydrogens is 353 g/mol. The Morgan fingerprint density at radius 2 is 2.00 bits per heavy atom. The molecule has 0 aliphatic carbocycles. The standard InChI is InChI=1S/C14H18Cl3NO2S/c1-9(2)10-5-6-18(8-10)21(19,20)13-4-3-12(16)11(7-15)14(13)17/h3-4,9-10H,5-8H2,1-2H3. The Morgan fingerprint density at radius 3 is 2.52 bits per heavy atom. The van der Waals surface area contributed by atoms with Crippen molar-refractivity contribution in [2.24, 2.45) is 11.8 Å². The van der Waals surface area contributed by atoms with E-state index in [2.05, 4.69) is 13.8 Å². The highest BCUT2D eigenvalue weighted by molar-refractivity contribution is 7.89. The second-order valence-electron chi connectivity index (χ2n) is 5.63. The summed E-state index contributed by atoms with van der Waals surface area (Å²) in [6.45, 7) is 5.29. The molecule has 0 aromatic heterocycles. The number of alkyl halides is 1. The van der Waals surface area contributed by atoms with Crippen LogP contribution in [0, 0.1) is 11.8 Å². The molecule has 1 fully saturated rings. The Morgan fingerprint density at radius 1 is 1.33 bits per heavy atom. The predicted molar refractivity (Wildman–Crippen MR) is 87.7 cm³/mol. The molecule has 1 heterocycles. The van der Waals surface area contributed by atoms with E-state index in [0.717, 1.165) is 6.42 Å². The van der Waals surface area contributed by atoms with Gasteiger partial charge in [0.1, 0.15) is 4.90 Å². The Kier molecular flexibility index (Phi) is 5.48. The number of sulfonamides is 1. The van der Waals surface area contributed by atoms with E-state index < -0.39 is 10.0 Å². The smallest absolute Gasteiger partial charge is 0.207 e. The van der Waals surface area contributed by atoms with Crippen LogP contribution in [0.15, 0.2) is 17.0 Å². The number of hydrogen-bond acceptors (Lipinski definition) is 2. The van der Waals surface area contributed by atoms with Gasteiger partial charge in [-0.05, 0) is 30.4 Å². The van der Waals surface area contributed by atoms with Gasteiger partial charge in [-0.25, -0.2) is 8.42 Å². The molecule has 1 aliphatic heterocycles. The van der Waals surface area contributed by atoms with E-state index in [1.807, 2.05) is 0 Å². The first-order chi connectivity index (χ1) is 9.78. The van der Waals surface area contributed by atoms with Crippen LogP contribution in [-0.4, -0.2) is 25.8 Å². The monoisotopic (exact) mass is 369 g/mol. The Bertz CT molecular complexity index is 631. The summed E-state index contributed by atoms with van der Waals surface area (Å²) in [4.78, 5) is 0.0913. The van der Waals surface area contributed by atoms with Crippen LogP contribution in [0.5, 0.6) is 0 Å². The van der Waals surface area contributed by atoms with Crippen molar-refractivity contribution in [2.45, 2.75) is 31.0 Å². The van der Waals surface area contributed by atoms with Gasteiger partial charge in [0.15, 0.2) is 0 Å². The minimum absolute atomic E-state index is 0.0790. The molecule has 0 bridgehead atoms. The lowest BCUT2D eigenvalue weighted by atomic mass is 9.96. The zero-order chi connectivity index (χ0) is 15.8. The van der Waals surface area contributed by atoms with Crippen LogP contribution in [0.3, 0.4) is 0 Å². The molecule has 0 amide bonds. The highest BCUT2D eigenvalue weighted by atomic mass is 35.5. The van der Waals surface area contributed by atoms with Gasteiger partial charge >= 0.3 is 0 Å². The molecule has 1 aromatic carbocycles. The van der Waals surface area contributed by atoms with Gasteiger partial charge in [0.25, 0.3) is 0 Å². The second-order valence-corrected chi connectivity index (χ2v) is 8.59. The molecule has 1 aromatic rings. The molecule has 1 atom stereocenters. The second kappa shape index (κ2) is 6.63. The highest BCUT2D eigenvalue weighted by Crippen LogP contribution is 2.36. The van der Waals surface area contributed by atoms with Crippen LogP contribution in [0.2, 0.25) is 10.0 Å². The third kappa shape index (κ3) is 3.35. The van der Waals surface area contributed by atoms with E-state index in [-0.39, 0.29) is 15.8 Å². The van der Waals surface area contributed by atoms with Crippen LogP contribution in [0.4, 0.5) is 0 Å². The lowest BCUT2D eigenvalue weighted by molar-refractivity contribution is 0.388. The van der Waals surface area contributed by atoms with E-state index in [1.165, 1.54) is 16.4 Å². The van der Waals surface area contributed by atoms with E-state index >= 15 is 0 Å². The normalized spacial score (nSPS) is 20.4. The SMILES string of the molecule is CC(C)C1CCN(S(=O)(=O)c2ccc(Cl)c(CCl)c2Cl)C1. The fourth-order valence-electron chi connectivity index (χ4n) is 2.55. The molecule has 1 saturated heterocycles. The first-order valence-corrected chi connectivity index (χ1v) is 9.55. The maximum atomic E-state index is 12.8. The van der Waals surface area contributed by atoms with Crippen molar-refractivity contribution in [3.63, 3.8) is 0 Å². The van der Waals surface area contributed by atoms with Crippen LogP contribution < -0.4 is 0 Å². The topological polar surface area (TPSA) is 37.4 Å². The Balaban J connectivity index is 2.38. The quantitative estimate of drug-likeness (QED) is 0.737. The zero-order valence-corrected chi connectivity index (χ0v) is 15.0. The van der Waals surface area contributed by atoms with Gasteiger partial charge in [0.2, 0.25) is 10.0 Å². The summed E-state index contributed by atoms with van der Waals surface area (Å²) in [5.74, 6) is 0.929. The predicted octanol–water partition coefficient (Wildman–Crippen LogP) is 4.40. The fraction of sp³-hybridized carbons (Fsp3) is 0.571. The van der Waals surface area contributed by atoms with Gasteiger partial charge in [-0.3, -0.25) is 0 Å². The number of rotatable bonds is 4. The molecule has 0 radical (unpaired) electrons. The van der Waals surface area contributed by atoms with E-state index in [9.17, 15) is 8.42 Å². The number of halogens is 3. The largest absolute Gasteiger partial charge is 0.244 e. The zero-order valence-electron chi connectivity index (χ0n) is 11.9. The average molecular weight is 371 g/mol. The van der Waals surface area contributed by atoms with Crippen molar-refractivity contribution in [3.8, 4) is 0 Å². The molecular formula is C14H18Cl3NO2S. The summed E-state index contributed by atoms with van der Waals surface area (Å²) in [5.41, 5.74) is 0.459. The maximum absolute atomic E-state index is 12.8. The van der Waals surface area contributed by atoms with Gasteiger partial charge in [-0.1, -0.05) is 37.0 Å². The van der Waals surface area contributed by atoms with Gasteiger partial charge in [-0.2, -0.15) is 4.31 Å². The van der Waals surface area contributed by atoms with Crippen molar-refractivity contribution in [3.05, 3.63) is 27.7 Å². The number of benzene rings is 1. The summed E-state index contributed by atoms with van der Waals surface area (Å²) < 4.78 is 27.0. The van der Waals surface area contributed by atoms with Crippen LogP contribution >= 0.6 is 34.8 Å². The first-order valence-electron chi connectivity index (χ1n) is 6.82. The fourth-order valence-corrected chi connectivity index (χ4v) is 5.37. The number of nitrogens with zero attached hydrogens (tertiary/aromatic N) is 1. The first kappa shape index (κ1) is 17.4. The van der Waals surface area contributed by atoms with Crippen molar-refractivity contribution < 1.29 is 8.42 Å². The molecule has 1 aliphatic rings. The van der Waals surface area contributed by atoms with E-state index in [4.69, 9.17) is 34.8 Å². The van der Waals surface area contributed by atoms with Gasteiger partial charge in [0, 0.05) is 23.7 Å². The molecule has 0 spiro atoms. The van der Waals surface area contributed by atoms with Crippen LogP contribution in [-0.2, 0) is 15.9 Å². The van der Waals surface area contributed by atoms with Gasteiger partial charge in [0.05, 0.1) is 10.9 Å². The van der Waals surface area contributed by atoms with E-state index in [1.54, 1.807) is 0 Å². The third-order valence-corrected chi connectivity index (χ3v) is 7.10. The lowest BCUT2D eigenvalue weighted by Crippen LogP contribution is -2.29. The molecule has 2 rings (SSSR count). The average Bonchev–Trinajstić information content (AvgIpc) is 2.89. The third-order valence-electron chi connectivity index (χ3n) is 4.03. The summed E-state index contributed by atoms with van der Waals surface area (Å²) in [6, 6.07) is 2.99. The molecule has 21 heavy (non-hydrogen) atoms. The Labute approximate surface area is 141 Å². The minimum Gasteiger partial charge on any atom is -0.207 e. The molecule has 0 N–H and O–H groups in total. The Hall–Kier alpha value is -0.000000000000000167. The molecule has 0 saturated carbocycles. The molecule has 7 heteroatoms. The van der Waals surface area contributed by atoms with Crippen molar-refractivity contribution in [2.75, 3.05) is 13.1 Å². The van der Waals surface area contributed by atoms with Gasteiger partial charge in [-0.15, -0.1) is 11.6 Å². The van der Waals surface area contributed by atoms with Crippen molar-refractivity contribution in [1.29, 1.82) is 0 Å². The minimum atomic E-state index is -3.60. The molecule has 118 valence electrons. The summed E-state index contributed by atoms with van der Waals surface area (Å²) >= 11 is 18.0. The van der Waals surface area contributed by atoms with E-state index in [0.29, 0.717) is 35.5 Å². The number of hydrogen-bond donors (Lipinski definition) is 0. The summed E-state index contributed by atoms with van der Waals surface area (Å²) in [6.07, 6.45) is 0.879. The lowest BCUT2D eigenvalue weighted by Gasteiger charge is -2.19. The van der Waals surface area contributed by atoms with Crippen LogP contribution in [0.1, 0.15) is 25.8 Å². The van der Waals surface area contributed by atoms with Crippen molar-refractivity contribution in [1.82, 2.24) is 4.31 Å². The molecule has 1 unspecified atom stereocenters. The summed E-state index contributed by atoms with van der Waals surface area (Å²) in [7, 11) is -3.60. The van der Waals surface area contributed by atoms with Crippen LogP contribution in [0.25, 0.3) is 0 Å². The summed E-state index contributed by atoms with van der Waals surface area (Å²) in [5, 5.41) is 0.515.